The van der Waals surface area contributed by atoms with Crippen LogP contribution in [0.3, 0.4) is 0 Å². The highest BCUT2D eigenvalue weighted by Gasteiger charge is 1.90. The third-order valence-electron chi connectivity index (χ3n) is 0.727. The molecule has 2 N–H and O–H groups in total. The second kappa shape index (κ2) is 5.21. The van der Waals surface area contributed by atoms with E-state index >= 15 is 0 Å². The lowest BCUT2D eigenvalue weighted by atomic mass is 10.4. The van der Waals surface area contributed by atoms with Crippen molar-refractivity contribution in [3.05, 3.63) is 0 Å². The highest BCUT2D eigenvalue weighted by Crippen LogP contribution is 1.87. The Balaban J connectivity index is 2.82. The molecule has 0 aliphatic rings. The summed E-state index contributed by atoms with van der Waals surface area (Å²) in [5.41, 5.74) is 0. The van der Waals surface area contributed by atoms with E-state index in [2.05, 4.69) is 0 Å². The molecule has 0 radical (unpaired) electrons. The van der Waals surface area contributed by atoms with Crippen molar-refractivity contribution in [2.45, 2.75) is 12.8 Å². The fourth-order valence-corrected chi connectivity index (χ4v) is 0.788. The monoisotopic (exact) mass is 138 g/mol. The number of hydrogen-bond donors (Lipinski definition) is 2. The average molecular weight is 138 g/mol. The number of hydrogen-bond acceptors (Lipinski definition) is 2. The van der Waals surface area contributed by atoms with Gasteiger partial charge in [-0.3, -0.25) is 0 Å². The molecule has 0 aromatic heterocycles. The van der Waals surface area contributed by atoms with E-state index in [1.165, 1.54) is 0 Å². The van der Waals surface area contributed by atoms with Gasteiger partial charge in [-0.15, -0.1) is 0 Å². The predicted octanol–water partition coefficient (Wildman–Crippen LogP) is -0.0194. The van der Waals surface area contributed by atoms with Gasteiger partial charge in [-0.05, 0) is 12.8 Å². The van der Waals surface area contributed by atoms with E-state index in [4.69, 9.17) is 9.66 Å². The van der Waals surface area contributed by atoms with Gasteiger partial charge >= 0.3 is 0 Å². The van der Waals surface area contributed by atoms with Gasteiger partial charge in [-0.25, -0.2) is 4.21 Å². The Morgan fingerprint density at radius 3 is 2.38 bits per heavy atom. The molecular weight excluding hydrogens is 128 g/mol. The largest absolute Gasteiger partial charge is 0.396 e. The summed E-state index contributed by atoms with van der Waals surface area (Å²) in [4.78, 5) is 0. The second-order valence-electron chi connectivity index (χ2n) is 1.46. The Labute approximate surface area is 51.0 Å². The minimum absolute atomic E-state index is 0.108. The molecule has 0 heterocycles. The first-order valence-electron chi connectivity index (χ1n) is 2.45. The first kappa shape index (κ1) is 8.07. The van der Waals surface area contributed by atoms with Crippen LogP contribution in [-0.2, 0) is 11.1 Å². The predicted molar refractivity (Wildman–Crippen MR) is 32.0 cm³/mol. The Hall–Kier alpha value is 0.0700. The molecule has 0 amide bonds. The van der Waals surface area contributed by atoms with Gasteiger partial charge in [0, 0.05) is 12.4 Å². The molecule has 8 heavy (non-hydrogen) atoms. The van der Waals surface area contributed by atoms with Gasteiger partial charge in [0.15, 0.2) is 11.1 Å². The lowest BCUT2D eigenvalue weighted by molar-refractivity contribution is 0.287. The molecule has 0 rings (SSSR count). The maximum absolute atomic E-state index is 9.90. The van der Waals surface area contributed by atoms with Gasteiger partial charge in [-0.2, -0.15) is 0 Å². The zero-order valence-corrected chi connectivity index (χ0v) is 5.36. The Bertz CT molecular complexity index is 73.7. The molecular formula is C4H10O3S. The molecule has 0 bridgehead atoms. The van der Waals surface area contributed by atoms with Crippen molar-refractivity contribution >= 4 is 11.1 Å². The van der Waals surface area contributed by atoms with Gasteiger partial charge in [-0.1, -0.05) is 0 Å². The number of unbranched alkanes of at least 4 members (excludes halogenated alkanes) is 1. The summed E-state index contributed by atoms with van der Waals surface area (Å²) in [7, 11) is 0. The van der Waals surface area contributed by atoms with E-state index in [-0.39, 0.29) is 12.4 Å². The van der Waals surface area contributed by atoms with Crippen LogP contribution in [0.25, 0.3) is 0 Å². The highest BCUT2D eigenvalue weighted by molar-refractivity contribution is 7.79. The van der Waals surface area contributed by atoms with Crippen molar-refractivity contribution in [1.29, 1.82) is 0 Å². The SMILES string of the molecule is O=S(O)CCCCO. The van der Waals surface area contributed by atoms with Crippen LogP contribution >= 0.6 is 0 Å². The molecule has 0 saturated heterocycles. The molecule has 4 heteroatoms. The van der Waals surface area contributed by atoms with Crippen LogP contribution in [0, 0.1) is 0 Å². The van der Waals surface area contributed by atoms with Gasteiger partial charge in [0.2, 0.25) is 0 Å². The summed E-state index contributed by atoms with van der Waals surface area (Å²) >= 11 is -1.68. The zero-order chi connectivity index (χ0) is 6.41. The van der Waals surface area contributed by atoms with E-state index in [0.29, 0.717) is 12.8 Å². The summed E-state index contributed by atoms with van der Waals surface area (Å²) in [5.74, 6) is 0.278. The molecule has 0 aliphatic heterocycles. The van der Waals surface area contributed by atoms with Gasteiger partial charge < -0.3 is 9.66 Å². The molecule has 0 aromatic carbocycles. The fourth-order valence-electron chi connectivity index (χ4n) is 0.337. The summed E-state index contributed by atoms with van der Waals surface area (Å²) in [6.45, 7) is 0.108. The highest BCUT2D eigenvalue weighted by atomic mass is 32.2. The van der Waals surface area contributed by atoms with Crippen LogP contribution in [-0.4, -0.2) is 26.2 Å². The molecule has 0 fully saturated rings. The van der Waals surface area contributed by atoms with Crippen LogP contribution in [0.1, 0.15) is 12.8 Å². The Kier molecular flexibility index (Phi) is 5.26. The quantitative estimate of drug-likeness (QED) is 0.424. The summed E-state index contributed by atoms with van der Waals surface area (Å²) in [5, 5.41) is 8.20. The molecule has 0 aliphatic carbocycles. The molecule has 0 saturated carbocycles. The van der Waals surface area contributed by atoms with E-state index in [9.17, 15) is 4.21 Å². The van der Waals surface area contributed by atoms with Crippen molar-refractivity contribution in [1.82, 2.24) is 0 Å². The molecule has 0 spiro atoms. The van der Waals surface area contributed by atoms with Crippen LogP contribution in [0.5, 0.6) is 0 Å². The molecule has 0 aromatic rings. The summed E-state index contributed by atoms with van der Waals surface area (Å²) in [6, 6.07) is 0. The van der Waals surface area contributed by atoms with E-state index < -0.39 is 11.1 Å². The third kappa shape index (κ3) is 6.07. The average Bonchev–Trinajstić information content (AvgIpc) is 1.66. The third-order valence-corrected chi connectivity index (χ3v) is 1.36. The maximum Gasteiger partial charge on any atom is 0.152 e. The first-order valence-corrected chi connectivity index (χ1v) is 3.73. The van der Waals surface area contributed by atoms with Gasteiger partial charge in [0.05, 0.1) is 0 Å². The maximum atomic E-state index is 9.90. The first-order chi connectivity index (χ1) is 3.77. The topological polar surface area (TPSA) is 57.5 Å². The van der Waals surface area contributed by atoms with Gasteiger partial charge in [0.25, 0.3) is 0 Å². The number of aliphatic hydroxyl groups is 1. The Morgan fingerprint density at radius 1 is 1.38 bits per heavy atom. The molecule has 3 nitrogen and oxygen atoms in total. The van der Waals surface area contributed by atoms with Crippen LogP contribution in [0.4, 0.5) is 0 Å². The van der Waals surface area contributed by atoms with Crippen LogP contribution < -0.4 is 0 Å². The smallest absolute Gasteiger partial charge is 0.152 e. The molecule has 1 unspecified atom stereocenters. The lowest BCUT2D eigenvalue weighted by Crippen LogP contribution is -1.95. The van der Waals surface area contributed by atoms with Crippen molar-refractivity contribution < 1.29 is 13.9 Å². The Morgan fingerprint density at radius 2 is 2.00 bits per heavy atom. The lowest BCUT2D eigenvalue weighted by Gasteiger charge is -1.90. The summed E-state index contributed by atoms with van der Waals surface area (Å²) < 4.78 is 18.1. The molecule has 50 valence electrons. The normalized spacial score (nSPS) is 13.8. The second-order valence-corrected chi connectivity index (χ2v) is 2.51. The minimum Gasteiger partial charge on any atom is -0.396 e. The van der Waals surface area contributed by atoms with Crippen molar-refractivity contribution in [2.24, 2.45) is 0 Å². The number of rotatable bonds is 4. The number of aliphatic hydroxyl groups excluding tert-OH is 1. The van der Waals surface area contributed by atoms with Crippen molar-refractivity contribution in [3.8, 4) is 0 Å². The molecule has 1 atom stereocenters. The van der Waals surface area contributed by atoms with E-state index in [0.717, 1.165) is 0 Å². The fraction of sp³-hybridized carbons (Fsp3) is 1.00. The summed E-state index contributed by atoms with van der Waals surface area (Å²) in [6.07, 6.45) is 1.24. The van der Waals surface area contributed by atoms with Crippen LogP contribution in [0.2, 0.25) is 0 Å². The standard InChI is InChI=1S/C4H10O3S/c5-3-1-2-4-8(6)7/h5H,1-4H2,(H,6,7). The van der Waals surface area contributed by atoms with E-state index in [1.807, 2.05) is 0 Å². The van der Waals surface area contributed by atoms with Crippen molar-refractivity contribution in [3.63, 3.8) is 0 Å². The minimum atomic E-state index is -1.68. The van der Waals surface area contributed by atoms with E-state index in [1.54, 1.807) is 0 Å². The van der Waals surface area contributed by atoms with Crippen molar-refractivity contribution in [2.75, 3.05) is 12.4 Å². The van der Waals surface area contributed by atoms with Gasteiger partial charge in [0.1, 0.15) is 0 Å². The zero-order valence-electron chi connectivity index (χ0n) is 4.54. The van der Waals surface area contributed by atoms with Crippen LogP contribution in [0.15, 0.2) is 0 Å².